The minimum absolute atomic E-state index is 0.373. The van der Waals surface area contributed by atoms with Crippen molar-refractivity contribution < 1.29 is 4.79 Å². The van der Waals surface area contributed by atoms with E-state index in [2.05, 4.69) is 13.8 Å². The summed E-state index contributed by atoms with van der Waals surface area (Å²) in [6.07, 6.45) is 3.59. The van der Waals surface area contributed by atoms with Crippen LogP contribution in [0.25, 0.3) is 0 Å². The van der Waals surface area contributed by atoms with Gasteiger partial charge in [-0.2, -0.15) is 0 Å². The summed E-state index contributed by atoms with van der Waals surface area (Å²) in [5.41, 5.74) is 0. The van der Waals surface area contributed by atoms with Gasteiger partial charge in [0.05, 0.1) is 0 Å². The van der Waals surface area contributed by atoms with E-state index in [-0.39, 0.29) is 0 Å². The van der Waals surface area contributed by atoms with Crippen molar-refractivity contribution in [1.29, 1.82) is 0 Å². The summed E-state index contributed by atoms with van der Waals surface area (Å²) in [5.74, 6) is 0.813. The van der Waals surface area contributed by atoms with E-state index < -0.39 is 0 Å². The third-order valence-electron chi connectivity index (χ3n) is 1.96. The molecule has 1 rings (SSSR count). The van der Waals surface area contributed by atoms with Gasteiger partial charge in [-0.1, -0.05) is 0 Å². The van der Waals surface area contributed by atoms with Gasteiger partial charge in [-0.15, -0.1) is 0 Å². The lowest BCUT2D eigenvalue weighted by molar-refractivity contribution is -0.119. The highest BCUT2D eigenvalue weighted by molar-refractivity contribution is 5.47. The van der Waals surface area contributed by atoms with E-state index in [9.17, 15) is 4.79 Å². The van der Waals surface area contributed by atoms with Gasteiger partial charge in [0.1, 0.15) is 0 Å². The van der Waals surface area contributed by atoms with Crippen LogP contribution in [0.2, 0.25) is 0 Å². The molecule has 0 atom stereocenters. The Balaban J connectivity index is 2.24. The average Bonchev–Trinajstić information content (AvgIpc) is 2.64. The Hall–Kier alpha value is -0.530. The quantitative estimate of drug-likeness (QED) is 0.540. The first-order valence-corrected chi connectivity index (χ1v) is 3.95. The van der Waals surface area contributed by atoms with E-state index in [4.69, 9.17) is 0 Å². The number of hydrogen-bond donors (Lipinski definition) is 0. The number of nitrogens with zero attached hydrogens (tertiary/aromatic N) is 1. The Kier molecular flexibility index (Phi) is 2.30. The zero-order valence-corrected chi connectivity index (χ0v) is 6.71. The fourth-order valence-corrected chi connectivity index (χ4v) is 0.974. The summed E-state index contributed by atoms with van der Waals surface area (Å²) < 4.78 is 0. The molecule has 0 radical (unpaired) electrons. The molecule has 2 heteroatoms. The lowest BCUT2D eigenvalue weighted by Gasteiger charge is -2.20. The Morgan fingerprint density at radius 2 is 2.20 bits per heavy atom. The standard InChI is InChI=1S/C8H15NO/c1-7(2)9(6-10)5-8-3-4-8/h6-8H,3-5H2,1-2H3. The van der Waals surface area contributed by atoms with Crippen molar-refractivity contribution in [3.8, 4) is 0 Å². The highest BCUT2D eigenvalue weighted by atomic mass is 16.1. The highest BCUT2D eigenvalue weighted by Gasteiger charge is 2.24. The molecule has 1 saturated carbocycles. The van der Waals surface area contributed by atoms with Crippen molar-refractivity contribution in [3.63, 3.8) is 0 Å². The Labute approximate surface area is 62.2 Å². The maximum Gasteiger partial charge on any atom is 0.209 e. The van der Waals surface area contributed by atoms with Crippen molar-refractivity contribution in [2.45, 2.75) is 32.7 Å². The molecule has 0 aliphatic heterocycles. The molecule has 0 bridgehead atoms. The largest absolute Gasteiger partial charge is 0.343 e. The van der Waals surface area contributed by atoms with Crippen molar-refractivity contribution in [1.82, 2.24) is 4.90 Å². The monoisotopic (exact) mass is 141 g/mol. The second kappa shape index (κ2) is 3.04. The summed E-state index contributed by atoms with van der Waals surface area (Å²) in [5, 5.41) is 0. The molecule has 10 heavy (non-hydrogen) atoms. The van der Waals surface area contributed by atoms with Gasteiger partial charge < -0.3 is 4.90 Å². The number of amides is 1. The van der Waals surface area contributed by atoms with Crippen molar-refractivity contribution in [2.24, 2.45) is 5.92 Å². The first kappa shape index (κ1) is 7.58. The Morgan fingerprint density at radius 3 is 2.50 bits per heavy atom. The lowest BCUT2D eigenvalue weighted by atomic mass is 10.3. The van der Waals surface area contributed by atoms with Crippen LogP contribution in [0.15, 0.2) is 0 Å². The molecule has 1 aliphatic carbocycles. The topological polar surface area (TPSA) is 20.3 Å². The molecule has 0 N–H and O–H groups in total. The van der Waals surface area contributed by atoms with Crippen LogP contribution in [0.5, 0.6) is 0 Å². The third-order valence-corrected chi connectivity index (χ3v) is 1.96. The molecule has 2 nitrogen and oxygen atoms in total. The van der Waals surface area contributed by atoms with Gasteiger partial charge in [0.15, 0.2) is 0 Å². The zero-order chi connectivity index (χ0) is 7.56. The van der Waals surface area contributed by atoms with E-state index in [1.165, 1.54) is 12.8 Å². The summed E-state index contributed by atoms with van der Waals surface area (Å²) in [4.78, 5) is 12.3. The normalized spacial score (nSPS) is 17.5. The van der Waals surface area contributed by atoms with E-state index in [1.54, 1.807) is 0 Å². The van der Waals surface area contributed by atoms with Gasteiger partial charge in [-0.25, -0.2) is 0 Å². The van der Waals surface area contributed by atoms with Gasteiger partial charge in [0, 0.05) is 12.6 Å². The molecule has 1 fully saturated rings. The van der Waals surface area contributed by atoms with Crippen LogP contribution < -0.4 is 0 Å². The third kappa shape index (κ3) is 2.01. The molecular formula is C8H15NO. The predicted octanol–water partition coefficient (Wildman–Crippen LogP) is 1.26. The van der Waals surface area contributed by atoms with Crippen LogP contribution in [0.4, 0.5) is 0 Å². The molecule has 58 valence electrons. The van der Waals surface area contributed by atoms with Crippen LogP contribution in [0.3, 0.4) is 0 Å². The first-order chi connectivity index (χ1) is 4.74. The molecule has 0 spiro atoms. The van der Waals surface area contributed by atoms with Crippen LogP contribution in [0, 0.1) is 5.92 Å². The van der Waals surface area contributed by atoms with Crippen LogP contribution in [0.1, 0.15) is 26.7 Å². The molecule has 0 aromatic rings. The Bertz CT molecular complexity index is 118. The van der Waals surface area contributed by atoms with E-state index in [1.807, 2.05) is 4.90 Å². The molecule has 0 aromatic heterocycles. The fraction of sp³-hybridized carbons (Fsp3) is 0.875. The minimum Gasteiger partial charge on any atom is -0.343 e. The number of hydrogen-bond acceptors (Lipinski definition) is 1. The maximum absolute atomic E-state index is 10.4. The van der Waals surface area contributed by atoms with E-state index in [0.29, 0.717) is 6.04 Å². The lowest BCUT2D eigenvalue weighted by Crippen LogP contribution is -2.31. The molecule has 0 heterocycles. The van der Waals surface area contributed by atoms with Crippen LogP contribution in [-0.4, -0.2) is 23.9 Å². The molecule has 1 amide bonds. The van der Waals surface area contributed by atoms with Gasteiger partial charge in [-0.3, -0.25) is 4.79 Å². The van der Waals surface area contributed by atoms with Crippen molar-refractivity contribution >= 4 is 6.41 Å². The molecule has 0 saturated heterocycles. The minimum atomic E-state index is 0.373. The Morgan fingerprint density at radius 1 is 1.60 bits per heavy atom. The van der Waals surface area contributed by atoms with Gasteiger partial charge in [-0.05, 0) is 32.6 Å². The smallest absolute Gasteiger partial charge is 0.209 e. The maximum atomic E-state index is 10.4. The van der Waals surface area contributed by atoms with Crippen LogP contribution >= 0.6 is 0 Å². The number of rotatable bonds is 4. The molecule has 0 aromatic carbocycles. The summed E-state index contributed by atoms with van der Waals surface area (Å²) in [6, 6.07) is 0.373. The van der Waals surface area contributed by atoms with Crippen molar-refractivity contribution in [2.75, 3.05) is 6.54 Å². The zero-order valence-electron chi connectivity index (χ0n) is 6.71. The SMILES string of the molecule is CC(C)N(C=O)CC1CC1. The van der Waals surface area contributed by atoms with Gasteiger partial charge in [0.25, 0.3) is 0 Å². The molecule has 1 aliphatic rings. The predicted molar refractivity (Wildman–Crippen MR) is 40.6 cm³/mol. The molecule has 0 unspecified atom stereocenters. The van der Waals surface area contributed by atoms with Gasteiger partial charge >= 0.3 is 0 Å². The summed E-state index contributed by atoms with van der Waals surface area (Å²) >= 11 is 0. The molecular weight excluding hydrogens is 126 g/mol. The van der Waals surface area contributed by atoms with Gasteiger partial charge in [0.2, 0.25) is 6.41 Å². The fourth-order valence-electron chi connectivity index (χ4n) is 0.974. The first-order valence-electron chi connectivity index (χ1n) is 3.95. The highest BCUT2D eigenvalue weighted by Crippen LogP contribution is 2.29. The second-order valence-electron chi connectivity index (χ2n) is 3.34. The summed E-state index contributed by atoms with van der Waals surface area (Å²) in [7, 11) is 0. The number of carbonyl (C=O) groups is 1. The van der Waals surface area contributed by atoms with E-state index in [0.717, 1.165) is 18.9 Å². The van der Waals surface area contributed by atoms with E-state index >= 15 is 0 Å². The van der Waals surface area contributed by atoms with Crippen LogP contribution in [-0.2, 0) is 4.79 Å². The average molecular weight is 141 g/mol. The van der Waals surface area contributed by atoms with Crippen molar-refractivity contribution in [3.05, 3.63) is 0 Å². The summed E-state index contributed by atoms with van der Waals surface area (Å²) in [6.45, 7) is 5.08. The second-order valence-corrected chi connectivity index (χ2v) is 3.34. The number of carbonyl (C=O) groups excluding carboxylic acids is 1.